The molecule has 0 saturated carbocycles. The molecule has 0 aliphatic carbocycles. The zero-order valence-electron chi connectivity index (χ0n) is 15.6. The lowest BCUT2D eigenvalue weighted by molar-refractivity contribution is 0.0828. The molecule has 0 fully saturated rings. The van der Waals surface area contributed by atoms with E-state index in [-0.39, 0.29) is 12.4 Å². The lowest BCUT2D eigenvalue weighted by Crippen LogP contribution is -2.41. The Morgan fingerprint density at radius 2 is 1.57 bits per heavy atom. The van der Waals surface area contributed by atoms with Crippen molar-refractivity contribution in [3.8, 4) is 5.75 Å². The standard InChI is InChI=1S/C21H21N3O4/c1-24(2)16-10-8-15(9-11-16)20(25)22-23-21(26)19-13-12-18(28-19)14-27-17-6-4-3-5-7-17/h3-13H,14H2,1-2H3,(H,22,25)(H,23,26). The molecule has 0 spiro atoms. The fraction of sp³-hybridized carbons (Fsp3) is 0.143. The molecule has 144 valence electrons. The van der Waals surface area contributed by atoms with Crippen LogP contribution in [-0.4, -0.2) is 25.9 Å². The van der Waals surface area contributed by atoms with Crippen LogP contribution in [0.3, 0.4) is 0 Å². The predicted molar refractivity (Wildman–Crippen MR) is 105 cm³/mol. The maximum absolute atomic E-state index is 12.1. The summed E-state index contributed by atoms with van der Waals surface area (Å²) in [5, 5.41) is 0. The van der Waals surface area contributed by atoms with E-state index in [0.717, 1.165) is 5.69 Å². The number of furan rings is 1. The van der Waals surface area contributed by atoms with Gasteiger partial charge in [-0.3, -0.25) is 20.4 Å². The smallest absolute Gasteiger partial charge is 0.305 e. The second kappa shape index (κ2) is 8.77. The highest BCUT2D eigenvalue weighted by molar-refractivity contribution is 5.98. The molecule has 1 heterocycles. The average molecular weight is 379 g/mol. The van der Waals surface area contributed by atoms with Crippen LogP contribution in [0.15, 0.2) is 71.1 Å². The molecule has 0 atom stereocenters. The number of nitrogens with one attached hydrogen (secondary N) is 2. The first-order valence-corrected chi connectivity index (χ1v) is 8.67. The summed E-state index contributed by atoms with van der Waals surface area (Å²) in [5.41, 5.74) is 6.11. The normalized spacial score (nSPS) is 10.2. The Bertz CT molecular complexity index is 934. The van der Waals surface area contributed by atoms with Gasteiger partial charge in [-0.1, -0.05) is 18.2 Å². The van der Waals surface area contributed by atoms with Crippen LogP contribution in [-0.2, 0) is 6.61 Å². The number of carbonyl (C=O) groups excluding carboxylic acids is 2. The van der Waals surface area contributed by atoms with Crippen LogP contribution >= 0.6 is 0 Å². The number of nitrogens with zero attached hydrogens (tertiary/aromatic N) is 1. The monoisotopic (exact) mass is 379 g/mol. The molecule has 3 aromatic rings. The largest absolute Gasteiger partial charge is 0.486 e. The molecule has 0 aliphatic heterocycles. The van der Waals surface area contributed by atoms with Gasteiger partial charge in [-0.05, 0) is 48.5 Å². The second-order valence-electron chi connectivity index (χ2n) is 6.22. The first-order chi connectivity index (χ1) is 13.5. The Morgan fingerprint density at radius 1 is 0.893 bits per heavy atom. The summed E-state index contributed by atoms with van der Waals surface area (Å²) in [6.07, 6.45) is 0. The van der Waals surface area contributed by atoms with Crippen LogP contribution in [0.4, 0.5) is 5.69 Å². The summed E-state index contributed by atoms with van der Waals surface area (Å²) in [6, 6.07) is 19.5. The van der Waals surface area contributed by atoms with Gasteiger partial charge in [-0.2, -0.15) is 0 Å². The van der Waals surface area contributed by atoms with E-state index in [1.54, 1.807) is 18.2 Å². The third-order valence-corrected chi connectivity index (χ3v) is 3.95. The van der Waals surface area contributed by atoms with E-state index in [0.29, 0.717) is 17.1 Å². The van der Waals surface area contributed by atoms with Gasteiger partial charge in [0.1, 0.15) is 18.1 Å². The minimum Gasteiger partial charge on any atom is -0.486 e. The molecule has 7 nitrogen and oxygen atoms in total. The minimum absolute atomic E-state index is 0.0786. The molecule has 28 heavy (non-hydrogen) atoms. The van der Waals surface area contributed by atoms with E-state index in [4.69, 9.17) is 9.15 Å². The highest BCUT2D eigenvalue weighted by Crippen LogP contribution is 2.14. The third kappa shape index (κ3) is 4.91. The highest BCUT2D eigenvalue weighted by Gasteiger charge is 2.13. The minimum atomic E-state index is -0.552. The number of anilines is 1. The summed E-state index contributed by atoms with van der Waals surface area (Å²) < 4.78 is 11.0. The van der Waals surface area contributed by atoms with Gasteiger partial charge in [0.05, 0.1) is 0 Å². The summed E-state index contributed by atoms with van der Waals surface area (Å²) in [4.78, 5) is 26.2. The molecule has 2 aromatic carbocycles. The number of carbonyl (C=O) groups is 2. The van der Waals surface area contributed by atoms with E-state index in [9.17, 15) is 9.59 Å². The van der Waals surface area contributed by atoms with E-state index >= 15 is 0 Å². The summed E-state index contributed by atoms with van der Waals surface area (Å²) >= 11 is 0. The topological polar surface area (TPSA) is 83.8 Å². The van der Waals surface area contributed by atoms with E-state index in [1.807, 2.05) is 61.5 Å². The van der Waals surface area contributed by atoms with Gasteiger partial charge in [0.2, 0.25) is 0 Å². The van der Waals surface area contributed by atoms with Gasteiger partial charge in [0.15, 0.2) is 5.76 Å². The van der Waals surface area contributed by atoms with Gasteiger partial charge >= 0.3 is 5.91 Å². The number of benzene rings is 2. The highest BCUT2D eigenvalue weighted by atomic mass is 16.5. The Labute approximate surface area is 162 Å². The number of rotatable bonds is 6. The average Bonchev–Trinajstić information content (AvgIpc) is 3.20. The maximum atomic E-state index is 12.1. The molecule has 3 rings (SSSR count). The number of amides is 2. The SMILES string of the molecule is CN(C)c1ccc(C(=O)NNC(=O)c2ccc(COc3ccccc3)o2)cc1. The molecule has 0 aliphatic rings. The first-order valence-electron chi connectivity index (χ1n) is 8.67. The zero-order chi connectivity index (χ0) is 19.9. The summed E-state index contributed by atoms with van der Waals surface area (Å²) in [5.74, 6) is 0.314. The van der Waals surface area contributed by atoms with Crippen molar-refractivity contribution in [2.75, 3.05) is 19.0 Å². The summed E-state index contributed by atoms with van der Waals surface area (Å²) in [7, 11) is 3.83. The lowest BCUT2D eigenvalue weighted by atomic mass is 10.2. The van der Waals surface area contributed by atoms with Crippen molar-refractivity contribution in [1.82, 2.24) is 10.9 Å². The van der Waals surface area contributed by atoms with Gasteiger partial charge in [-0.15, -0.1) is 0 Å². The van der Waals surface area contributed by atoms with Crippen molar-refractivity contribution < 1.29 is 18.7 Å². The molecular weight excluding hydrogens is 358 g/mol. The van der Waals surface area contributed by atoms with Crippen molar-refractivity contribution in [1.29, 1.82) is 0 Å². The number of hydrogen-bond acceptors (Lipinski definition) is 5. The van der Waals surface area contributed by atoms with E-state index in [2.05, 4.69) is 10.9 Å². The molecule has 0 saturated heterocycles. The Balaban J connectivity index is 1.50. The third-order valence-electron chi connectivity index (χ3n) is 3.95. The maximum Gasteiger partial charge on any atom is 0.305 e. The van der Waals surface area contributed by atoms with Gasteiger partial charge in [-0.25, -0.2) is 0 Å². The summed E-state index contributed by atoms with van der Waals surface area (Å²) in [6.45, 7) is 0.196. The molecule has 2 N–H and O–H groups in total. The predicted octanol–water partition coefficient (Wildman–Crippen LogP) is 3.00. The quantitative estimate of drug-likeness (QED) is 0.643. The number of para-hydroxylation sites is 1. The Hall–Kier alpha value is -3.74. The molecule has 0 unspecified atom stereocenters. The zero-order valence-corrected chi connectivity index (χ0v) is 15.6. The van der Waals surface area contributed by atoms with Crippen molar-refractivity contribution >= 4 is 17.5 Å². The van der Waals surface area contributed by atoms with Crippen molar-refractivity contribution in [3.63, 3.8) is 0 Å². The van der Waals surface area contributed by atoms with Crippen LogP contribution in [0, 0.1) is 0 Å². The molecular formula is C21H21N3O4. The van der Waals surface area contributed by atoms with Crippen LogP contribution in [0.25, 0.3) is 0 Å². The Morgan fingerprint density at radius 3 is 2.25 bits per heavy atom. The van der Waals surface area contributed by atoms with E-state index in [1.165, 1.54) is 6.07 Å². The molecule has 1 aromatic heterocycles. The fourth-order valence-corrected chi connectivity index (χ4v) is 2.41. The molecule has 0 bridgehead atoms. The second-order valence-corrected chi connectivity index (χ2v) is 6.22. The Kier molecular flexibility index (Phi) is 5.96. The van der Waals surface area contributed by atoms with Crippen LogP contribution in [0.2, 0.25) is 0 Å². The van der Waals surface area contributed by atoms with Crippen LogP contribution in [0.5, 0.6) is 5.75 Å². The van der Waals surface area contributed by atoms with Crippen molar-refractivity contribution in [2.45, 2.75) is 6.61 Å². The number of ether oxygens (including phenoxy) is 1. The first kappa shape index (κ1) is 19.0. The number of hydrogen-bond donors (Lipinski definition) is 2. The van der Waals surface area contributed by atoms with Gasteiger partial charge in [0.25, 0.3) is 5.91 Å². The van der Waals surface area contributed by atoms with E-state index < -0.39 is 11.8 Å². The van der Waals surface area contributed by atoms with Crippen molar-refractivity contribution in [2.24, 2.45) is 0 Å². The van der Waals surface area contributed by atoms with Gasteiger partial charge in [0, 0.05) is 25.3 Å². The molecule has 2 amide bonds. The molecule has 0 radical (unpaired) electrons. The fourth-order valence-electron chi connectivity index (χ4n) is 2.41. The van der Waals surface area contributed by atoms with Gasteiger partial charge < -0.3 is 14.1 Å². The van der Waals surface area contributed by atoms with Crippen LogP contribution < -0.4 is 20.5 Å². The number of hydrazine groups is 1. The van der Waals surface area contributed by atoms with Crippen LogP contribution in [0.1, 0.15) is 26.7 Å². The lowest BCUT2D eigenvalue weighted by Gasteiger charge is -2.12. The molecule has 7 heteroatoms. The van der Waals surface area contributed by atoms with Crippen molar-refractivity contribution in [3.05, 3.63) is 83.8 Å².